The minimum atomic E-state index is -0.0918. The number of hydrogen-bond acceptors (Lipinski definition) is 4. The van der Waals surface area contributed by atoms with Gasteiger partial charge in [0.1, 0.15) is 6.61 Å². The number of aryl methyl sites for hydroxylation is 1. The fourth-order valence-electron chi connectivity index (χ4n) is 2.05. The molecule has 0 aromatic carbocycles. The van der Waals surface area contributed by atoms with Crippen LogP contribution in [0, 0.1) is 18.8 Å². The third-order valence-electron chi connectivity index (χ3n) is 2.91. The van der Waals surface area contributed by atoms with E-state index in [0.717, 1.165) is 25.2 Å². The Hall–Kier alpha value is -1.38. The SMILES string of the molecule is C=CCN(Cc1cc(C#CCO)cs1)Cc1ccc(C)s1. The third-order valence-corrected chi connectivity index (χ3v) is 4.81. The molecule has 21 heavy (non-hydrogen) atoms. The van der Waals surface area contributed by atoms with Crippen LogP contribution in [0.2, 0.25) is 0 Å². The summed E-state index contributed by atoms with van der Waals surface area (Å²) in [4.78, 5) is 6.38. The van der Waals surface area contributed by atoms with Crippen LogP contribution >= 0.6 is 22.7 Å². The van der Waals surface area contributed by atoms with Crippen molar-refractivity contribution < 1.29 is 5.11 Å². The quantitative estimate of drug-likeness (QED) is 0.649. The highest BCUT2D eigenvalue weighted by Crippen LogP contribution is 2.21. The summed E-state index contributed by atoms with van der Waals surface area (Å²) in [7, 11) is 0. The molecule has 0 bridgehead atoms. The molecule has 2 rings (SSSR count). The minimum Gasteiger partial charge on any atom is -0.384 e. The molecule has 2 aromatic rings. The van der Waals surface area contributed by atoms with E-state index < -0.39 is 0 Å². The summed E-state index contributed by atoms with van der Waals surface area (Å²) in [6.45, 7) is 8.60. The fraction of sp³-hybridized carbons (Fsp3) is 0.294. The summed E-state index contributed by atoms with van der Waals surface area (Å²) < 4.78 is 0. The van der Waals surface area contributed by atoms with Crippen LogP contribution in [-0.4, -0.2) is 23.2 Å². The van der Waals surface area contributed by atoms with E-state index in [1.807, 2.05) is 22.8 Å². The van der Waals surface area contributed by atoms with Crippen molar-refractivity contribution in [1.82, 2.24) is 4.90 Å². The van der Waals surface area contributed by atoms with Crippen molar-refractivity contribution in [3.63, 3.8) is 0 Å². The van der Waals surface area contributed by atoms with E-state index in [9.17, 15) is 0 Å². The van der Waals surface area contributed by atoms with Crippen LogP contribution < -0.4 is 0 Å². The van der Waals surface area contributed by atoms with Gasteiger partial charge < -0.3 is 5.11 Å². The van der Waals surface area contributed by atoms with Gasteiger partial charge >= 0.3 is 0 Å². The monoisotopic (exact) mass is 317 g/mol. The van der Waals surface area contributed by atoms with Gasteiger partial charge in [0.05, 0.1) is 0 Å². The van der Waals surface area contributed by atoms with E-state index in [0.29, 0.717) is 0 Å². The summed E-state index contributed by atoms with van der Waals surface area (Å²) in [5.41, 5.74) is 0.981. The van der Waals surface area contributed by atoms with Crippen LogP contribution in [-0.2, 0) is 13.1 Å². The van der Waals surface area contributed by atoms with Gasteiger partial charge in [-0.15, -0.1) is 29.3 Å². The minimum absolute atomic E-state index is 0.0918. The molecule has 0 atom stereocenters. The Balaban J connectivity index is 2.01. The van der Waals surface area contributed by atoms with Crippen molar-refractivity contribution in [2.75, 3.05) is 13.2 Å². The molecule has 0 fully saturated rings. The lowest BCUT2D eigenvalue weighted by molar-refractivity contribution is 0.291. The van der Waals surface area contributed by atoms with Crippen molar-refractivity contribution >= 4 is 22.7 Å². The molecular weight excluding hydrogens is 298 g/mol. The third kappa shape index (κ3) is 5.14. The predicted octanol–water partition coefficient (Wildman–Crippen LogP) is 3.65. The highest BCUT2D eigenvalue weighted by atomic mass is 32.1. The van der Waals surface area contributed by atoms with Crippen molar-refractivity contribution in [2.45, 2.75) is 20.0 Å². The van der Waals surface area contributed by atoms with Crippen LogP contribution in [0.3, 0.4) is 0 Å². The van der Waals surface area contributed by atoms with Gasteiger partial charge in [-0.05, 0) is 25.1 Å². The molecule has 0 aliphatic carbocycles. The molecule has 4 heteroatoms. The summed E-state index contributed by atoms with van der Waals surface area (Å²) in [5.74, 6) is 5.63. The number of thiophene rings is 2. The lowest BCUT2D eigenvalue weighted by Gasteiger charge is -2.18. The average molecular weight is 317 g/mol. The molecule has 0 aliphatic rings. The normalized spacial score (nSPS) is 10.4. The molecule has 0 saturated heterocycles. The second-order valence-corrected chi connectivity index (χ2v) is 7.10. The molecule has 1 N–H and O–H groups in total. The molecule has 0 amide bonds. The number of nitrogens with zero attached hydrogens (tertiary/aromatic N) is 1. The molecule has 0 aliphatic heterocycles. The van der Waals surface area contributed by atoms with Gasteiger partial charge in [0.2, 0.25) is 0 Å². The number of rotatable bonds is 6. The van der Waals surface area contributed by atoms with Gasteiger partial charge in [-0.1, -0.05) is 17.9 Å². The molecule has 0 radical (unpaired) electrons. The molecule has 0 spiro atoms. The highest BCUT2D eigenvalue weighted by Gasteiger charge is 2.08. The van der Waals surface area contributed by atoms with Crippen LogP contribution in [0.1, 0.15) is 20.2 Å². The molecule has 2 aromatic heterocycles. The number of aliphatic hydroxyl groups is 1. The van der Waals surface area contributed by atoms with Crippen LogP contribution in [0.25, 0.3) is 0 Å². The first-order valence-corrected chi connectivity index (χ1v) is 8.46. The molecular formula is C17H19NOS2. The van der Waals surface area contributed by atoms with Crippen LogP contribution in [0.4, 0.5) is 0 Å². The summed E-state index contributed by atoms with van der Waals surface area (Å²) >= 11 is 3.56. The summed E-state index contributed by atoms with van der Waals surface area (Å²) in [6.07, 6.45) is 1.94. The molecule has 110 valence electrons. The lowest BCUT2D eigenvalue weighted by Crippen LogP contribution is -2.21. The Labute approximate surface area is 134 Å². The van der Waals surface area contributed by atoms with Crippen molar-refractivity contribution in [2.24, 2.45) is 0 Å². The van der Waals surface area contributed by atoms with Gasteiger partial charge in [0.15, 0.2) is 0 Å². The van der Waals surface area contributed by atoms with E-state index in [1.165, 1.54) is 14.6 Å². The standard InChI is InChI=1S/C17H19NOS2/c1-3-8-18(11-16-7-6-14(2)21-16)12-17-10-15(13-20-17)5-4-9-19/h3,6-7,10,13,19H,1,8-9,11-12H2,2H3. The number of aliphatic hydroxyl groups excluding tert-OH is 1. The van der Waals surface area contributed by atoms with Gasteiger partial charge in [-0.2, -0.15) is 0 Å². The van der Waals surface area contributed by atoms with E-state index in [-0.39, 0.29) is 6.61 Å². The number of hydrogen-bond donors (Lipinski definition) is 1. The Morgan fingerprint density at radius 2 is 2.14 bits per heavy atom. The highest BCUT2D eigenvalue weighted by molar-refractivity contribution is 7.11. The maximum atomic E-state index is 8.73. The maximum absolute atomic E-state index is 8.73. The van der Waals surface area contributed by atoms with E-state index in [2.05, 4.69) is 48.4 Å². The van der Waals surface area contributed by atoms with Gasteiger partial charge in [0.25, 0.3) is 0 Å². The molecule has 2 nitrogen and oxygen atoms in total. The van der Waals surface area contributed by atoms with E-state index >= 15 is 0 Å². The molecule has 0 saturated carbocycles. The van der Waals surface area contributed by atoms with E-state index in [4.69, 9.17) is 5.11 Å². The Kier molecular flexibility index (Phi) is 6.21. The van der Waals surface area contributed by atoms with Crippen LogP contribution in [0.15, 0.2) is 36.2 Å². The van der Waals surface area contributed by atoms with Crippen molar-refractivity contribution in [3.8, 4) is 11.8 Å². The Morgan fingerprint density at radius 1 is 1.33 bits per heavy atom. The van der Waals surface area contributed by atoms with Gasteiger partial charge in [-0.3, -0.25) is 4.90 Å². The second-order valence-electron chi connectivity index (χ2n) is 4.73. The van der Waals surface area contributed by atoms with Crippen molar-refractivity contribution in [3.05, 3.63) is 56.4 Å². The first-order valence-electron chi connectivity index (χ1n) is 6.77. The second kappa shape index (κ2) is 8.16. The maximum Gasteiger partial charge on any atom is 0.104 e. The first kappa shape index (κ1) is 16.0. The predicted molar refractivity (Wildman–Crippen MR) is 91.6 cm³/mol. The lowest BCUT2D eigenvalue weighted by atomic mass is 10.3. The Morgan fingerprint density at radius 3 is 2.81 bits per heavy atom. The topological polar surface area (TPSA) is 23.5 Å². The summed E-state index contributed by atoms with van der Waals surface area (Å²) in [5, 5.41) is 10.8. The zero-order valence-corrected chi connectivity index (χ0v) is 13.8. The fourth-order valence-corrected chi connectivity index (χ4v) is 3.84. The molecule has 0 unspecified atom stereocenters. The largest absolute Gasteiger partial charge is 0.384 e. The van der Waals surface area contributed by atoms with Crippen molar-refractivity contribution in [1.29, 1.82) is 0 Å². The molecule has 2 heterocycles. The van der Waals surface area contributed by atoms with E-state index in [1.54, 1.807) is 11.3 Å². The smallest absolute Gasteiger partial charge is 0.104 e. The Bertz CT molecular complexity index is 645. The van der Waals surface area contributed by atoms with Gasteiger partial charge in [-0.25, -0.2) is 0 Å². The first-order chi connectivity index (χ1) is 10.2. The zero-order chi connectivity index (χ0) is 15.1. The van der Waals surface area contributed by atoms with Crippen LogP contribution in [0.5, 0.6) is 0 Å². The van der Waals surface area contributed by atoms with Gasteiger partial charge in [0, 0.05) is 45.2 Å². The average Bonchev–Trinajstić information content (AvgIpc) is 3.06. The zero-order valence-electron chi connectivity index (χ0n) is 12.1. The summed E-state index contributed by atoms with van der Waals surface area (Å²) in [6, 6.07) is 6.46.